The molecule has 4 amide bonds. The van der Waals surface area contributed by atoms with E-state index in [0.717, 1.165) is 15.4 Å². The standard InChI is InChI=1S/C16H20FN3O3/c1-11(2)8-19-14(21)15(22)20(16(19)23)10-18(3)9-12-5-4-6-13(17)7-12/h4-7,11H,8-10H2,1-3H3. The van der Waals surface area contributed by atoms with E-state index in [0.29, 0.717) is 6.54 Å². The average molecular weight is 321 g/mol. The van der Waals surface area contributed by atoms with Gasteiger partial charge in [-0.15, -0.1) is 0 Å². The summed E-state index contributed by atoms with van der Waals surface area (Å²) in [6.45, 7) is 4.28. The highest BCUT2D eigenvalue weighted by Crippen LogP contribution is 2.15. The number of imide groups is 2. The van der Waals surface area contributed by atoms with Crippen molar-refractivity contribution in [3.8, 4) is 0 Å². The van der Waals surface area contributed by atoms with Crippen molar-refractivity contribution in [2.45, 2.75) is 20.4 Å². The lowest BCUT2D eigenvalue weighted by Crippen LogP contribution is -2.41. The van der Waals surface area contributed by atoms with Crippen LogP contribution in [-0.2, 0) is 16.1 Å². The van der Waals surface area contributed by atoms with Crippen molar-refractivity contribution in [3.05, 3.63) is 35.6 Å². The Kier molecular flexibility index (Phi) is 5.10. The van der Waals surface area contributed by atoms with Crippen LogP contribution in [-0.4, -0.2) is 52.8 Å². The van der Waals surface area contributed by atoms with E-state index in [2.05, 4.69) is 0 Å². The predicted molar refractivity (Wildman–Crippen MR) is 81.5 cm³/mol. The van der Waals surface area contributed by atoms with E-state index in [1.165, 1.54) is 12.1 Å². The summed E-state index contributed by atoms with van der Waals surface area (Å²) in [6.07, 6.45) is 0. The van der Waals surface area contributed by atoms with Crippen molar-refractivity contribution in [3.63, 3.8) is 0 Å². The minimum Gasteiger partial charge on any atom is -0.284 e. The number of carbonyl (C=O) groups excluding carboxylic acids is 3. The lowest BCUT2D eigenvalue weighted by Gasteiger charge is -2.22. The van der Waals surface area contributed by atoms with E-state index in [1.807, 2.05) is 13.8 Å². The molecule has 23 heavy (non-hydrogen) atoms. The number of rotatable bonds is 6. The maximum atomic E-state index is 13.2. The van der Waals surface area contributed by atoms with E-state index >= 15 is 0 Å². The molecule has 1 heterocycles. The van der Waals surface area contributed by atoms with Gasteiger partial charge in [0, 0.05) is 13.1 Å². The summed E-state index contributed by atoms with van der Waals surface area (Å²) in [6, 6.07) is 5.49. The van der Waals surface area contributed by atoms with Crippen molar-refractivity contribution in [1.29, 1.82) is 0 Å². The molecule has 0 unspecified atom stereocenters. The van der Waals surface area contributed by atoms with Gasteiger partial charge in [-0.2, -0.15) is 0 Å². The third-order valence-electron chi connectivity index (χ3n) is 3.41. The number of benzene rings is 1. The maximum absolute atomic E-state index is 13.2. The molecule has 0 spiro atoms. The van der Waals surface area contributed by atoms with Gasteiger partial charge in [0.2, 0.25) is 0 Å². The number of halogens is 1. The van der Waals surface area contributed by atoms with Gasteiger partial charge < -0.3 is 0 Å². The van der Waals surface area contributed by atoms with Crippen LogP contribution in [0.5, 0.6) is 0 Å². The fraction of sp³-hybridized carbons (Fsp3) is 0.438. The molecule has 1 aromatic rings. The van der Waals surface area contributed by atoms with E-state index in [4.69, 9.17) is 0 Å². The summed E-state index contributed by atoms with van der Waals surface area (Å²) in [7, 11) is 1.70. The maximum Gasteiger partial charge on any atom is 0.335 e. The molecule has 0 saturated carbocycles. The zero-order chi connectivity index (χ0) is 17.1. The minimum atomic E-state index is -0.818. The van der Waals surface area contributed by atoms with E-state index in [1.54, 1.807) is 24.1 Å². The number of urea groups is 1. The lowest BCUT2D eigenvalue weighted by atomic mass is 10.2. The van der Waals surface area contributed by atoms with E-state index in [-0.39, 0.29) is 24.9 Å². The van der Waals surface area contributed by atoms with Crippen molar-refractivity contribution in [1.82, 2.24) is 14.7 Å². The monoisotopic (exact) mass is 321 g/mol. The Morgan fingerprint density at radius 2 is 1.78 bits per heavy atom. The van der Waals surface area contributed by atoms with Gasteiger partial charge in [0.25, 0.3) is 0 Å². The Morgan fingerprint density at radius 1 is 1.13 bits per heavy atom. The first-order valence-corrected chi connectivity index (χ1v) is 7.40. The van der Waals surface area contributed by atoms with Crippen LogP contribution >= 0.6 is 0 Å². The highest BCUT2D eigenvalue weighted by Gasteiger charge is 2.44. The molecule has 0 radical (unpaired) electrons. The summed E-state index contributed by atoms with van der Waals surface area (Å²) in [5.74, 6) is -1.87. The predicted octanol–water partition coefficient (Wildman–Crippen LogP) is 1.66. The second-order valence-electron chi connectivity index (χ2n) is 6.11. The van der Waals surface area contributed by atoms with Crippen molar-refractivity contribution in [2.24, 2.45) is 5.92 Å². The number of hydrogen-bond acceptors (Lipinski definition) is 4. The van der Waals surface area contributed by atoms with Crippen LogP contribution in [0.2, 0.25) is 0 Å². The lowest BCUT2D eigenvalue weighted by molar-refractivity contribution is -0.144. The minimum absolute atomic E-state index is 0.0193. The number of amides is 4. The first-order valence-electron chi connectivity index (χ1n) is 7.40. The van der Waals surface area contributed by atoms with E-state index < -0.39 is 17.8 Å². The number of hydrogen-bond donors (Lipinski definition) is 0. The molecule has 0 aliphatic carbocycles. The van der Waals surface area contributed by atoms with Crippen molar-refractivity contribution >= 4 is 17.8 Å². The first kappa shape index (κ1) is 17.1. The molecule has 0 aromatic heterocycles. The molecule has 1 fully saturated rings. The third kappa shape index (κ3) is 3.92. The van der Waals surface area contributed by atoms with Crippen LogP contribution in [0.1, 0.15) is 19.4 Å². The van der Waals surface area contributed by atoms with Crippen LogP contribution in [0.25, 0.3) is 0 Å². The fourth-order valence-corrected chi connectivity index (χ4v) is 2.44. The van der Waals surface area contributed by atoms with Crippen LogP contribution < -0.4 is 0 Å². The second kappa shape index (κ2) is 6.87. The van der Waals surface area contributed by atoms with E-state index in [9.17, 15) is 18.8 Å². The smallest absolute Gasteiger partial charge is 0.284 e. The Labute approximate surface area is 134 Å². The van der Waals surface area contributed by atoms with Crippen LogP contribution in [0.4, 0.5) is 9.18 Å². The molecule has 0 N–H and O–H groups in total. The summed E-state index contributed by atoms with van der Waals surface area (Å²) in [4.78, 5) is 39.7. The Morgan fingerprint density at radius 3 is 2.39 bits per heavy atom. The Balaban J connectivity index is 2.03. The summed E-state index contributed by atoms with van der Waals surface area (Å²) in [5, 5.41) is 0. The normalized spacial score (nSPS) is 15.5. The molecule has 1 saturated heterocycles. The molecule has 2 rings (SSSR count). The largest absolute Gasteiger partial charge is 0.335 e. The topological polar surface area (TPSA) is 60.9 Å². The molecular formula is C16H20FN3O3. The highest BCUT2D eigenvalue weighted by atomic mass is 19.1. The zero-order valence-corrected chi connectivity index (χ0v) is 13.5. The number of carbonyl (C=O) groups is 3. The van der Waals surface area contributed by atoms with Gasteiger partial charge in [0.05, 0.1) is 6.67 Å². The quantitative estimate of drug-likeness (QED) is 0.590. The molecular weight excluding hydrogens is 301 g/mol. The molecule has 0 atom stereocenters. The highest BCUT2D eigenvalue weighted by molar-refractivity contribution is 6.44. The fourth-order valence-electron chi connectivity index (χ4n) is 2.44. The second-order valence-corrected chi connectivity index (χ2v) is 6.11. The summed E-state index contributed by atoms with van der Waals surface area (Å²) in [5.41, 5.74) is 0.719. The average Bonchev–Trinajstić information content (AvgIpc) is 2.64. The van der Waals surface area contributed by atoms with Gasteiger partial charge in [-0.05, 0) is 30.7 Å². The zero-order valence-electron chi connectivity index (χ0n) is 13.5. The van der Waals surface area contributed by atoms with Crippen molar-refractivity contribution < 1.29 is 18.8 Å². The summed E-state index contributed by atoms with van der Waals surface area (Å²) < 4.78 is 13.2. The Hall–Kier alpha value is -2.28. The van der Waals surface area contributed by atoms with Gasteiger partial charge in [-0.25, -0.2) is 14.1 Å². The summed E-state index contributed by atoms with van der Waals surface area (Å²) >= 11 is 0. The van der Waals surface area contributed by atoms with Gasteiger partial charge in [-0.1, -0.05) is 26.0 Å². The third-order valence-corrected chi connectivity index (χ3v) is 3.41. The molecule has 0 bridgehead atoms. The van der Waals surface area contributed by atoms with Gasteiger partial charge in [-0.3, -0.25) is 19.4 Å². The first-order chi connectivity index (χ1) is 10.8. The molecule has 124 valence electrons. The molecule has 1 aliphatic heterocycles. The van der Waals surface area contributed by atoms with Crippen molar-refractivity contribution in [2.75, 3.05) is 20.3 Å². The SMILES string of the molecule is CC(C)CN1C(=O)C(=O)N(CN(C)Cc2cccc(F)c2)C1=O. The molecule has 1 aromatic carbocycles. The van der Waals surface area contributed by atoms with Crippen LogP contribution in [0.15, 0.2) is 24.3 Å². The van der Waals surface area contributed by atoms with Crippen LogP contribution in [0, 0.1) is 11.7 Å². The Bertz CT molecular complexity index is 633. The molecule has 7 heteroatoms. The number of nitrogens with zero attached hydrogens (tertiary/aromatic N) is 3. The van der Waals surface area contributed by atoms with Crippen LogP contribution in [0.3, 0.4) is 0 Å². The molecule has 1 aliphatic rings. The van der Waals surface area contributed by atoms with Gasteiger partial charge in [0.15, 0.2) is 0 Å². The van der Waals surface area contributed by atoms with Gasteiger partial charge in [0.1, 0.15) is 5.82 Å². The van der Waals surface area contributed by atoms with Gasteiger partial charge >= 0.3 is 17.8 Å². The molecule has 6 nitrogen and oxygen atoms in total.